The minimum absolute atomic E-state index is 0.0543. The molecule has 0 amide bonds. The van der Waals surface area contributed by atoms with E-state index in [0.29, 0.717) is 11.0 Å². The molecule has 82 heavy (non-hydrogen) atoms. The molecule has 32 heteroatoms. The SMILES string of the molecule is CO[C@@H](C)COC(=O)[C@H](C)N[P@@](=O)(OC[C@@]1(CF)O[C@@H](c2ccc3c(N)ncnn23)[C@H](O)[C@@H]1O)Oc1ccccc1.CO[C@@H](C)COC(=O)[C@H](C)N[P@](=O)(OC[C@@]1(CF)O[C@@H](c2ccc3c(N)ncnn23)[C@H](O)[C@@H]1O)Oc1ccccc1. The van der Waals surface area contributed by atoms with Crippen molar-refractivity contribution < 1.29 is 94.4 Å². The summed E-state index contributed by atoms with van der Waals surface area (Å²) in [5.74, 6) is -0.988. The predicted molar refractivity (Wildman–Crippen MR) is 285 cm³/mol. The summed E-state index contributed by atoms with van der Waals surface area (Å²) in [6.45, 7) is 1.70. The number of carbonyl (C=O) groups excluding carboxylic acids is 2. The van der Waals surface area contributed by atoms with Gasteiger partial charge in [-0.1, -0.05) is 36.4 Å². The maximum absolute atomic E-state index is 14.6. The van der Waals surface area contributed by atoms with Crippen LogP contribution in [0, 0.1) is 0 Å². The van der Waals surface area contributed by atoms with E-state index >= 15 is 0 Å². The highest BCUT2D eigenvalue weighted by Gasteiger charge is 2.58. The molecule has 0 radical (unpaired) electrons. The number of benzene rings is 2. The highest BCUT2D eigenvalue weighted by Crippen LogP contribution is 2.51. The normalized spacial score (nSPS) is 25.5. The summed E-state index contributed by atoms with van der Waals surface area (Å²) in [6, 6.07) is 19.7. The van der Waals surface area contributed by atoms with Gasteiger partial charge < -0.3 is 69.4 Å². The smallest absolute Gasteiger partial charge is 0.459 e. The second-order valence-corrected chi connectivity index (χ2v) is 22.5. The summed E-state index contributed by atoms with van der Waals surface area (Å²) in [5.41, 5.74) is 8.77. The number of nitrogen functional groups attached to an aromatic ring is 2. The van der Waals surface area contributed by atoms with E-state index in [1.807, 2.05) is 0 Å². The number of ether oxygens (including phenoxy) is 6. The Hall–Kier alpha value is -6.34. The number of nitrogens with two attached hydrogens (primary N) is 2. The fourth-order valence-corrected chi connectivity index (χ4v) is 11.4. The third-order valence-electron chi connectivity index (χ3n) is 13.2. The number of alkyl halides is 2. The molecule has 2 aliphatic rings. The van der Waals surface area contributed by atoms with Gasteiger partial charge in [0.05, 0.1) is 36.8 Å². The maximum Gasteiger partial charge on any atom is 0.459 e. The van der Waals surface area contributed by atoms with Crippen LogP contribution in [0.4, 0.5) is 20.4 Å². The number of aliphatic hydroxyl groups excluding tert-OH is 4. The molecule has 0 aliphatic carbocycles. The summed E-state index contributed by atoms with van der Waals surface area (Å²) < 4.78 is 114. The second kappa shape index (κ2) is 27.4. The molecule has 6 aromatic rings. The van der Waals surface area contributed by atoms with Gasteiger partial charge in [-0.3, -0.25) is 18.6 Å². The predicted octanol–water partition coefficient (Wildman–Crippen LogP) is 3.15. The van der Waals surface area contributed by atoms with Gasteiger partial charge in [0.25, 0.3) is 0 Å². The van der Waals surface area contributed by atoms with Crippen molar-refractivity contribution in [2.75, 3.05) is 65.5 Å². The van der Waals surface area contributed by atoms with Gasteiger partial charge in [-0.15, -0.1) is 0 Å². The Morgan fingerprint density at radius 1 is 0.634 bits per heavy atom. The number of nitrogens with one attached hydrogen (secondary N) is 2. The van der Waals surface area contributed by atoms with E-state index in [-0.39, 0.29) is 59.9 Å². The monoisotopic (exact) mass is 1190 g/mol. The van der Waals surface area contributed by atoms with Crippen LogP contribution >= 0.6 is 15.5 Å². The molecule has 2 saturated heterocycles. The fourth-order valence-electron chi connectivity index (χ4n) is 8.30. The van der Waals surface area contributed by atoms with Crippen LogP contribution < -0.4 is 30.7 Å². The number of anilines is 2. The molecule has 2 aromatic carbocycles. The van der Waals surface area contributed by atoms with E-state index in [1.165, 1.54) is 74.0 Å². The molecule has 28 nitrogen and oxygen atoms in total. The molecule has 0 saturated carbocycles. The van der Waals surface area contributed by atoms with Crippen molar-refractivity contribution >= 4 is 50.1 Å². The standard InChI is InChI=1S/2C25H33FN5O9P/c2*1-15(36-3)11-37-24(34)16(2)30-41(35,40-17-7-5-4-6-8-17)38-13-25(12-26)22(33)20(32)21(39-25)18-9-10-19-23(27)28-14-29-31(18)19/h2*4-10,14-16,20-22,32-33H,11-13H2,1-3H3,(H,30,35)(H2,27,28,29)/t15-,16-,20-,21-,22-,25+,41+;15-,16-,20-,21-,22-,25+,41-/m00/s1. The van der Waals surface area contributed by atoms with Crippen LogP contribution in [0.2, 0.25) is 0 Å². The van der Waals surface area contributed by atoms with Crippen molar-refractivity contribution in [3.8, 4) is 11.5 Å². The number of hydrogen-bond acceptors (Lipinski definition) is 24. The van der Waals surface area contributed by atoms with E-state index in [2.05, 4.69) is 30.3 Å². The lowest BCUT2D eigenvalue weighted by Crippen LogP contribution is -2.49. The van der Waals surface area contributed by atoms with Gasteiger partial charge >= 0.3 is 27.4 Å². The van der Waals surface area contributed by atoms with Gasteiger partial charge in [0.15, 0.2) is 11.6 Å². The van der Waals surface area contributed by atoms with Crippen LogP contribution in [0.1, 0.15) is 51.3 Å². The van der Waals surface area contributed by atoms with Crippen LogP contribution in [-0.2, 0) is 56.2 Å². The van der Waals surface area contributed by atoms with E-state index in [9.17, 15) is 47.9 Å². The van der Waals surface area contributed by atoms with Crippen molar-refractivity contribution in [1.29, 1.82) is 0 Å². The number of rotatable bonds is 26. The number of carbonyl (C=O) groups is 2. The largest absolute Gasteiger partial charge is 0.462 e. The van der Waals surface area contributed by atoms with Crippen LogP contribution in [0.15, 0.2) is 97.6 Å². The molecular weight excluding hydrogens is 1130 g/mol. The average molecular weight is 1200 g/mol. The number of esters is 2. The van der Waals surface area contributed by atoms with Crippen LogP contribution in [0.25, 0.3) is 11.0 Å². The van der Waals surface area contributed by atoms with Crippen molar-refractivity contribution in [2.45, 2.75) is 99.8 Å². The van der Waals surface area contributed by atoms with Gasteiger partial charge in [-0.25, -0.2) is 36.9 Å². The Morgan fingerprint density at radius 3 is 1.34 bits per heavy atom. The number of para-hydroxylation sites is 2. The van der Waals surface area contributed by atoms with Crippen LogP contribution in [-0.4, -0.2) is 175 Å². The molecule has 2 fully saturated rings. The summed E-state index contributed by atoms with van der Waals surface area (Å²) in [6.07, 6.45) is -7.76. The van der Waals surface area contributed by atoms with Crippen LogP contribution in [0.3, 0.4) is 0 Å². The lowest BCUT2D eigenvalue weighted by atomic mass is 9.96. The zero-order chi connectivity index (χ0) is 59.6. The minimum Gasteiger partial charge on any atom is -0.462 e. The van der Waals surface area contributed by atoms with E-state index < -0.39 is 114 Å². The Balaban J connectivity index is 0.000000236. The first kappa shape index (κ1) is 63.2. The number of hydrogen-bond donors (Lipinski definition) is 8. The van der Waals surface area contributed by atoms with Gasteiger partial charge in [0.2, 0.25) is 0 Å². The third kappa shape index (κ3) is 14.5. The second-order valence-electron chi connectivity index (χ2n) is 19.2. The van der Waals surface area contributed by atoms with Crippen molar-refractivity contribution in [3.05, 3.63) is 109 Å². The quantitative estimate of drug-likeness (QED) is 0.0286. The van der Waals surface area contributed by atoms with Gasteiger partial charge in [-0.05, 0) is 76.2 Å². The molecule has 4 aromatic heterocycles. The molecule has 6 heterocycles. The summed E-state index contributed by atoms with van der Waals surface area (Å²) in [5, 5.41) is 56.7. The first-order chi connectivity index (χ1) is 39.0. The topological polar surface area (TPSA) is 378 Å². The number of halogens is 2. The summed E-state index contributed by atoms with van der Waals surface area (Å²) in [7, 11) is -5.98. The van der Waals surface area contributed by atoms with Crippen molar-refractivity contribution in [2.24, 2.45) is 0 Å². The highest BCUT2D eigenvalue weighted by molar-refractivity contribution is 7.52. The van der Waals surface area contributed by atoms with Crippen molar-refractivity contribution in [1.82, 2.24) is 39.4 Å². The summed E-state index contributed by atoms with van der Waals surface area (Å²) >= 11 is 0. The third-order valence-corrected chi connectivity index (χ3v) is 16.4. The Morgan fingerprint density at radius 2 is 1.00 bits per heavy atom. The molecule has 8 rings (SSSR count). The Kier molecular flexibility index (Phi) is 21.1. The van der Waals surface area contributed by atoms with Gasteiger partial charge in [0.1, 0.15) is 122 Å². The summed E-state index contributed by atoms with van der Waals surface area (Å²) in [4.78, 5) is 32.8. The number of methoxy groups -OCH3 is 2. The minimum atomic E-state index is -4.45. The molecule has 10 N–H and O–H groups in total. The highest BCUT2D eigenvalue weighted by atomic mass is 31.2. The molecule has 2 aliphatic heterocycles. The average Bonchev–Trinajstić information content (AvgIpc) is 4.24. The lowest BCUT2D eigenvalue weighted by molar-refractivity contribution is -0.149. The molecular formula is C50H66F2N10O18P2. The molecule has 448 valence electrons. The van der Waals surface area contributed by atoms with Crippen molar-refractivity contribution in [3.63, 3.8) is 0 Å². The van der Waals surface area contributed by atoms with Crippen LogP contribution in [0.5, 0.6) is 11.5 Å². The first-order valence-corrected chi connectivity index (χ1v) is 28.4. The maximum atomic E-state index is 14.6. The lowest BCUT2D eigenvalue weighted by Gasteiger charge is -2.31. The number of aromatic nitrogens is 6. The molecule has 0 unspecified atom stereocenters. The van der Waals surface area contributed by atoms with E-state index in [1.54, 1.807) is 74.5 Å². The zero-order valence-corrected chi connectivity index (χ0v) is 47.0. The number of fused-ring (bicyclic) bond motifs is 2. The zero-order valence-electron chi connectivity index (χ0n) is 45.2. The van der Waals surface area contributed by atoms with E-state index in [4.69, 9.17) is 58.0 Å². The fraction of sp³-hybridized carbons (Fsp3) is 0.480. The van der Waals surface area contributed by atoms with Gasteiger partial charge in [0, 0.05) is 14.2 Å². The molecule has 0 spiro atoms. The Bertz CT molecular complexity index is 2970. The molecule has 14 atom stereocenters. The Labute approximate surface area is 468 Å². The number of aliphatic hydroxyl groups is 4. The first-order valence-electron chi connectivity index (χ1n) is 25.3. The van der Waals surface area contributed by atoms with Gasteiger partial charge in [-0.2, -0.15) is 20.4 Å². The molecule has 0 bridgehead atoms. The number of nitrogens with zero attached hydrogens (tertiary/aromatic N) is 6. The van der Waals surface area contributed by atoms with E-state index in [0.717, 1.165) is 0 Å².